The molecule has 0 bridgehead atoms. The van der Waals surface area contributed by atoms with E-state index >= 15 is 8.78 Å². The maximum Gasteiger partial charge on any atom is 0.316 e. The number of rotatable bonds is 6. The summed E-state index contributed by atoms with van der Waals surface area (Å²) >= 11 is 0. The van der Waals surface area contributed by atoms with Crippen LogP contribution in [0.2, 0.25) is 0 Å². The van der Waals surface area contributed by atoms with Crippen LogP contribution in [-0.4, -0.2) is 66.2 Å². The molecular formula is C32H38F3NO4. The van der Waals surface area contributed by atoms with Crippen molar-refractivity contribution in [3.8, 4) is 0 Å². The lowest BCUT2D eigenvalue weighted by Crippen LogP contribution is -2.69. The van der Waals surface area contributed by atoms with Crippen molar-refractivity contribution in [2.75, 3.05) is 26.5 Å². The number of ketones is 1. The average Bonchev–Trinajstić information content (AvgIpc) is 3.40. The molecule has 1 aromatic rings. The molecular weight excluding hydrogens is 519 g/mol. The van der Waals surface area contributed by atoms with Gasteiger partial charge in [-0.15, -0.1) is 0 Å². The van der Waals surface area contributed by atoms with Crippen LogP contribution in [0.1, 0.15) is 45.1 Å². The minimum atomic E-state index is -2.21. The van der Waals surface area contributed by atoms with Crippen LogP contribution in [0.15, 0.2) is 54.1 Å². The molecule has 0 radical (unpaired) electrons. The molecule has 4 fully saturated rings. The molecule has 1 aromatic carbocycles. The molecule has 0 aromatic heterocycles. The van der Waals surface area contributed by atoms with E-state index < -0.39 is 58.9 Å². The van der Waals surface area contributed by atoms with Gasteiger partial charge in [0.15, 0.2) is 11.5 Å². The lowest BCUT2D eigenvalue weighted by atomic mass is 9.43. The summed E-state index contributed by atoms with van der Waals surface area (Å²) in [6.07, 6.45) is 2.87. The van der Waals surface area contributed by atoms with Crippen LogP contribution in [0.25, 0.3) is 0 Å². The largest absolute Gasteiger partial charge is 0.433 e. The number of nitrogens with zero attached hydrogens (tertiary/aromatic N) is 1. The number of aliphatic hydroxyl groups is 1. The first-order valence-corrected chi connectivity index (χ1v) is 14.5. The van der Waals surface area contributed by atoms with E-state index in [0.29, 0.717) is 19.5 Å². The predicted octanol–water partition coefficient (Wildman–Crippen LogP) is 4.94. The molecule has 5 aliphatic rings. The highest BCUT2D eigenvalue weighted by molar-refractivity contribution is 6.01. The molecule has 0 unspecified atom stereocenters. The Morgan fingerprint density at radius 1 is 1.18 bits per heavy atom. The summed E-state index contributed by atoms with van der Waals surface area (Å²) in [7, 11) is 0. The van der Waals surface area contributed by atoms with Gasteiger partial charge in [-0.3, -0.25) is 9.59 Å². The number of esters is 1. The van der Waals surface area contributed by atoms with E-state index in [1.165, 1.54) is 23.8 Å². The number of hydrogen-bond acceptors (Lipinski definition) is 5. The van der Waals surface area contributed by atoms with E-state index in [2.05, 4.69) is 17.0 Å². The zero-order valence-electron chi connectivity index (χ0n) is 23.1. The summed E-state index contributed by atoms with van der Waals surface area (Å²) < 4.78 is 51.7. The molecule has 1 saturated heterocycles. The van der Waals surface area contributed by atoms with Crippen molar-refractivity contribution >= 4 is 11.8 Å². The number of aryl methyl sites for hydroxylation is 1. The lowest BCUT2D eigenvalue weighted by Gasteiger charge is -2.63. The number of benzene rings is 1. The zero-order chi connectivity index (χ0) is 28.5. The van der Waals surface area contributed by atoms with Crippen LogP contribution in [0.4, 0.5) is 13.2 Å². The topological polar surface area (TPSA) is 66.8 Å². The van der Waals surface area contributed by atoms with Gasteiger partial charge in [0.1, 0.15) is 6.17 Å². The van der Waals surface area contributed by atoms with Crippen molar-refractivity contribution in [1.82, 2.24) is 4.90 Å². The molecule has 0 amide bonds. The van der Waals surface area contributed by atoms with Crippen LogP contribution in [0.5, 0.6) is 0 Å². The Balaban J connectivity index is 1.32. The van der Waals surface area contributed by atoms with Crippen LogP contribution < -0.4 is 0 Å². The first kappa shape index (κ1) is 27.7. The molecule has 5 nitrogen and oxygen atoms in total. The third kappa shape index (κ3) is 3.60. The molecule has 216 valence electrons. The van der Waals surface area contributed by atoms with Crippen molar-refractivity contribution in [2.24, 2.45) is 34.0 Å². The molecule has 1 N–H and O–H groups in total. The monoisotopic (exact) mass is 557 g/mol. The third-order valence-corrected chi connectivity index (χ3v) is 11.6. The summed E-state index contributed by atoms with van der Waals surface area (Å²) in [4.78, 5) is 28.0. The molecule has 3 saturated carbocycles. The molecule has 4 aliphatic carbocycles. The van der Waals surface area contributed by atoms with Gasteiger partial charge >= 0.3 is 5.97 Å². The van der Waals surface area contributed by atoms with Gasteiger partial charge in [-0.05, 0) is 86.1 Å². The van der Waals surface area contributed by atoms with Gasteiger partial charge in [0.05, 0.1) is 11.5 Å². The van der Waals surface area contributed by atoms with Gasteiger partial charge in [0.2, 0.25) is 6.86 Å². The second kappa shape index (κ2) is 9.55. The second-order valence-corrected chi connectivity index (χ2v) is 13.1. The van der Waals surface area contributed by atoms with Crippen molar-refractivity contribution in [1.29, 1.82) is 0 Å². The fraction of sp³-hybridized carbons (Fsp3) is 0.625. The van der Waals surface area contributed by atoms with Crippen molar-refractivity contribution < 1.29 is 32.6 Å². The summed E-state index contributed by atoms with van der Waals surface area (Å²) in [6.45, 7) is 3.89. The second-order valence-electron chi connectivity index (χ2n) is 13.1. The van der Waals surface area contributed by atoms with Crippen molar-refractivity contribution in [3.05, 3.63) is 59.7 Å². The Kier molecular flexibility index (Phi) is 6.61. The summed E-state index contributed by atoms with van der Waals surface area (Å²) in [5, 5.41) is 11.6. The number of alkyl halides is 3. The van der Waals surface area contributed by atoms with Gasteiger partial charge in [-0.1, -0.05) is 43.3 Å². The van der Waals surface area contributed by atoms with Gasteiger partial charge in [-0.2, -0.15) is 0 Å². The first-order valence-electron chi connectivity index (χ1n) is 14.5. The highest BCUT2D eigenvalue weighted by atomic mass is 19.1. The molecule has 0 spiro atoms. The summed E-state index contributed by atoms with van der Waals surface area (Å²) in [5.41, 5.74) is -4.41. The quantitative estimate of drug-likeness (QED) is 0.503. The van der Waals surface area contributed by atoms with Crippen LogP contribution in [-0.2, 0) is 20.7 Å². The van der Waals surface area contributed by atoms with Crippen LogP contribution >= 0.6 is 0 Å². The number of aliphatic hydroxyl groups excluding tert-OH is 1. The van der Waals surface area contributed by atoms with Crippen LogP contribution in [0, 0.1) is 34.0 Å². The molecule has 8 heteroatoms. The average molecular weight is 558 g/mol. The Bertz CT molecular complexity index is 1250. The molecule has 40 heavy (non-hydrogen) atoms. The van der Waals surface area contributed by atoms with Crippen molar-refractivity contribution in [2.45, 2.75) is 63.9 Å². The van der Waals surface area contributed by atoms with E-state index in [1.54, 1.807) is 6.92 Å². The Morgan fingerprint density at radius 3 is 2.65 bits per heavy atom. The minimum Gasteiger partial charge on any atom is -0.433 e. The van der Waals surface area contributed by atoms with Crippen LogP contribution in [0.3, 0.4) is 0 Å². The number of fused-ring (bicyclic) bond motifs is 7. The minimum absolute atomic E-state index is 0.0258. The van der Waals surface area contributed by atoms with Crippen molar-refractivity contribution in [3.63, 3.8) is 0 Å². The fourth-order valence-corrected chi connectivity index (χ4v) is 9.71. The van der Waals surface area contributed by atoms with Gasteiger partial charge in [0, 0.05) is 24.4 Å². The SMILES string of the molecule is C[C@]12C=CC(=O)C=C1[C@@H](F)C[C@H]1[C@@H]3C[C@H]4CN(CCCc5ccccc5)C[C@@]4(C(=O)OCF)[C@@]3(C)C[C@H](O)[C@@]12F. The standard InChI is InChI=1S/C32H38F3NO4/c1-29-11-10-22(37)14-25(29)26(34)15-24-23-13-21-17-36(12-6-9-20-7-4-3-5-8-20)18-31(21,28(39)40-19-33)30(23,2)16-27(38)32(24,29)35/h3-5,7-8,10-11,14,21,23-24,26-27,38H,6,9,12-13,15-19H2,1-2H3/t21-,23-,24-,26-,27-,29-,30-,31+,32-/m0/s1. The van der Waals surface area contributed by atoms with E-state index in [0.717, 1.165) is 19.4 Å². The van der Waals surface area contributed by atoms with E-state index in [-0.39, 0.29) is 30.1 Å². The number of likely N-dealkylation sites (tertiary alicyclic amines) is 1. The maximum absolute atomic E-state index is 17.5. The first-order chi connectivity index (χ1) is 19.0. The van der Waals surface area contributed by atoms with E-state index in [9.17, 15) is 19.1 Å². The van der Waals surface area contributed by atoms with E-state index in [4.69, 9.17) is 4.74 Å². The van der Waals surface area contributed by atoms with Gasteiger partial charge < -0.3 is 14.7 Å². The lowest BCUT2D eigenvalue weighted by molar-refractivity contribution is -0.218. The summed E-state index contributed by atoms with van der Waals surface area (Å²) in [5.74, 6) is -2.53. The van der Waals surface area contributed by atoms with Gasteiger partial charge in [0.25, 0.3) is 0 Å². The zero-order valence-corrected chi connectivity index (χ0v) is 23.1. The molecule has 1 aliphatic heterocycles. The number of carbonyl (C=O) groups excluding carboxylic acids is 2. The Morgan fingerprint density at radius 2 is 1.93 bits per heavy atom. The number of hydrogen-bond donors (Lipinski definition) is 1. The predicted molar refractivity (Wildman–Crippen MR) is 143 cm³/mol. The maximum atomic E-state index is 17.5. The highest BCUT2D eigenvalue weighted by Crippen LogP contribution is 2.74. The number of ether oxygens (including phenoxy) is 1. The van der Waals surface area contributed by atoms with E-state index in [1.807, 2.05) is 25.1 Å². The highest BCUT2D eigenvalue weighted by Gasteiger charge is 2.78. The number of carbonyl (C=O) groups is 2. The molecule has 9 atom stereocenters. The van der Waals surface area contributed by atoms with Gasteiger partial charge in [-0.25, -0.2) is 13.2 Å². The smallest absolute Gasteiger partial charge is 0.316 e. The third-order valence-electron chi connectivity index (χ3n) is 11.6. The number of allylic oxidation sites excluding steroid dienone is 4. The molecule has 6 rings (SSSR count). The fourth-order valence-electron chi connectivity index (χ4n) is 9.71. The molecule has 1 heterocycles. The Labute approximate surface area is 233 Å². The number of halogens is 3. The summed E-state index contributed by atoms with van der Waals surface area (Å²) in [6, 6.07) is 10.2. The normalized spacial score (nSPS) is 43.9. The Hall–Kier alpha value is -2.45.